The van der Waals surface area contributed by atoms with Gasteiger partial charge in [-0.15, -0.1) is 11.3 Å². The topological polar surface area (TPSA) is 83.1 Å². The van der Waals surface area contributed by atoms with E-state index in [0.29, 0.717) is 11.5 Å². The van der Waals surface area contributed by atoms with Gasteiger partial charge < -0.3 is 25.0 Å². The van der Waals surface area contributed by atoms with Gasteiger partial charge in [0.15, 0.2) is 11.5 Å². The van der Waals surface area contributed by atoms with Crippen molar-refractivity contribution in [2.24, 2.45) is 0 Å². The number of benzene rings is 1. The number of hydrogen-bond acceptors (Lipinski definition) is 7. The fourth-order valence-corrected chi connectivity index (χ4v) is 5.19. The lowest BCUT2D eigenvalue weighted by molar-refractivity contribution is -0.140. The number of carbonyl (C=O) groups is 2. The lowest BCUT2D eigenvalue weighted by Gasteiger charge is -2.41. The van der Waals surface area contributed by atoms with Crippen LogP contribution < -0.4 is 20.1 Å². The first-order valence-corrected chi connectivity index (χ1v) is 11.9. The maximum absolute atomic E-state index is 12.6. The van der Waals surface area contributed by atoms with Gasteiger partial charge in [-0.05, 0) is 42.6 Å². The molecule has 2 aliphatic heterocycles. The van der Waals surface area contributed by atoms with Gasteiger partial charge in [0.25, 0.3) is 0 Å². The highest BCUT2D eigenvalue weighted by molar-refractivity contribution is 7.10. The number of likely N-dealkylation sites (N-methyl/N-ethyl adjacent to an activating group) is 1. The summed E-state index contributed by atoms with van der Waals surface area (Å²) in [6.07, 6.45) is 0. The Bertz CT molecular complexity index is 928. The third-order valence-corrected chi connectivity index (χ3v) is 6.95. The van der Waals surface area contributed by atoms with Crippen molar-refractivity contribution in [1.29, 1.82) is 0 Å². The highest BCUT2D eigenvalue weighted by Crippen LogP contribution is 2.32. The van der Waals surface area contributed by atoms with Gasteiger partial charge in [-0.3, -0.25) is 14.5 Å². The third-order valence-electron chi connectivity index (χ3n) is 6.01. The van der Waals surface area contributed by atoms with Crippen LogP contribution in [0, 0.1) is 0 Å². The van der Waals surface area contributed by atoms with E-state index in [4.69, 9.17) is 9.47 Å². The Morgan fingerprint density at radius 2 is 1.88 bits per heavy atom. The molecule has 8 nitrogen and oxygen atoms in total. The second kappa shape index (κ2) is 10.3. The van der Waals surface area contributed by atoms with E-state index in [1.165, 1.54) is 4.88 Å². The molecule has 9 heteroatoms. The van der Waals surface area contributed by atoms with Crippen molar-refractivity contribution in [3.8, 4) is 11.5 Å². The number of nitrogens with one attached hydrogen (secondary N) is 2. The van der Waals surface area contributed by atoms with Gasteiger partial charge >= 0.3 is 11.8 Å². The molecule has 1 aromatic heterocycles. The van der Waals surface area contributed by atoms with E-state index in [0.717, 1.165) is 38.3 Å². The van der Waals surface area contributed by atoms with Crippen LogP contribution in [0.3, 0.4) is 0 Å². The van der Waals surface area contributed by atoms with Gasteiger partial charge in [0.05, 0.1) is 6.04 Å². The van der Waals surface area contributed by atoms with Crippen LogP contribution in [-0.4, -0.2) is 67.2 Å². The average molecular weight is 459 g/mol. The minimum atomic E-state index is -0.643. The van der Waals surface area contributed by atoms with Crippen LogP contribution in [0.2, 0.25) is 0 Å². The first kappa shape index (κ1) is 22.6. The second-order valence-electron chi connectivity index (χ2n) is 8.06. The molecule has 2 N–H and O–H groups in total. The van der Waals surface area contributed by atoms with Crippen LogP contribution in [0.15, 0.2) is 35.7 Å². The zero-order chi connectivity index (χ0) is 22.5. The Hall–Kier alpha value is -2.62. The number of rotatable bonds is 7. The zero-order valence-corrected chi connectivity index (χ0v) is 19.3. The first-order valence-electron chi connectivity index (χ1n) is 11.0. The number of fused-ring (bicyclic) bond motifs is 1. The Labute approximate surface area is 192 Å². The Morgan fingerprint density at radius 3 is 2.59 bits per heavy atom. The molecule has 3 heterocycles. The largest absolute Gasteiger partial charge is 0.454 e. The van der Waals surface area contributed by atoms with Crippen LogP contribution >= 0.6 is 11.3 Å². The summed E-state index contributed by atoms with van der Waals surface area (Å²) < 4.78 is 10.7. The monoisotopic (exact) mass is 458 g/mol. The molecule has 0 bridgehead atoms. The summed E-state index contributed by atoms with van der Waals surface area (Å²) in [6.45, 7) is 9.53. The van der Waals surface area contributed by atoms with Crippen LogP contribution in [0.5, 0.6) is 11.5 Å². The molecule has 1 fully saturated rings. The molecule has 0 unspecified atom stereocenters. The number of ether oxygens (including phenoxy) is 2. The van der Waals surface area contributed by atoms with Gasteiger partial charge in [0.2, 0.25) is 6.79 Å². The number of nitrogens with zero attached hydrogens (tertiary/aromatic N) is 2. The van der Waals surface area contributed by atoms with Crippen molar-refractivity contribution in [2.75, 3.05) is 39.5 Å². The second-order valence-corrected chi connectivity index (χ2v) is 9.04. The molecule has 0 radical (unpaired) electrons. The van der Waals surface area contributed by atoms with Crippen molar-refractivity contribution in [3.05, 3.63) is 46.2 Å². The molecule has 1 aromatic carbocycles. The normalized spacial score (nSPS) is 18.2. The van der Waals surface area contributed by atoms with Gasteiger partial charge in [-0.25, -0.2) is 0 Å². The quantitative estimate of drug-likeness (QED) is 0.618. The molecular formula is C23H30N4O4S. The molecular weight excluding hydrogens is 428 g/mol. The average Bonchev–Trinajstić information content (AvgIpc) is 3.50. The fourth-order valence-electron chi connectivity index (χ4n) is 4.22. The number of amides is 2. The Balaban J connectivity index is 1.34. The SMILES string of the molecule is CCN1CCN([C@@H](c2cccs2)[C@H](C)NC(=O)C(=O)NCc2ccc3c(c2)OCO3)CC1. The Kier molecular flexibility index (Phi) is 7.29. The standard InChI is InChI=1S/C23H30N4O4S/c1-3-26-8-10-27(11-9-26)21(20-5-4-12-32-20)16(2)25-23(29)22(28)24-14-17-6-7-18-19(13-17)31-15-30-18/h4-7,12-13,16,21H,3,8-11,14-15H2,1-2H3,(H,24,28)(H,25,29)/t16-,21+/m0/s1. The van der Waals surface area contributed by atoms with E-state index in [9.17, 15) is 9.59 Å². The smallest absolute Gasteiger partial charge is 0.309 e. The summed E-state index contributed by atoms with van der Waals surface area (Å²) in [7, 11) is 0. The molecule has 0 spiro atoms. The van der Waals surface area contributed by atoms with Crippen molar-refractivity contribution >= 4 is 23.2 Å². The van der Waals surface area contributed by atoms with Gasteiger partial charge in [0, 0.05) is 43.6 Å². The van der Waals surface area contributed by atoms with Gasteiger partial charge in [-0.2, -0.15) is 0 Å². The number of thiophene rings is 1. The minimum Gasteiger partial charge on any atom is -0.454 e. The van der Waals surface area contributed by atoms with E-state index in [1.807, 2.05) is 25.1 Å². The van der Waals surface area contributed by atoms with Crippen molar-refractivity contribution in [1.82, 2.24) is 20.4 Å². The summed E-state index contributed by atoms with van der Waals surface area (Å²) in [4.78, 5) is 31.1. The van der Waals surface area contributed by atoms with Crippen molar-refractivity contribution < 1.29 is 19.1 Å². The molecule has 0 aliphatic carbocycles. The summed E-state index contributed by atoms with van der Waals surface area (Å²) >= 11 is 1.68. The highest BCUT2D eigenvalue weighted by atomic mass is 32.1. The summed E-state index contributed by atoms with van der Waals surface area (Å²) in [5, 5.41) is 7.67. The van der Waals surface area contributed by atoms with E-state index in [2.05, 4.69) is 38.8 Å². The molecule has 2 atom stereocenters. The summed E-state index contributed by atoms with van der Waals surface area (Å²) in [5.41, 5.74) is 0.841. The third kappa shape index (κ3) is 5.23. The lowest BCUT2D eigenvalue weighted by Crippen LogP contribution is -2.53. The lowest BCUT2D eigenvalue weighted by atomic mass is 10.0. The van der Waals surface area contributed by atoms with Gasteiger partial charge in [-0.1, -0.05) is 19.1 Å². The molecule has 2 aromatic rings. The van der Waals surface area contributed by atoms with Crippen LogP contribution in [0.1, 0.15) is 30.3 Å². The van der Waals surface area contributed by atoms with Crippen LogP contribution in [0.25, 0.3) is 0 Å². The van der Waals surface area contributed by atoms with E-state index in [1.54, 1.807) is 17.4 Å². The highest BCUT2D eigenvalue weighted by Gasteiger charge is 2.31. The molecule has 0 saturated carbocycles. The molecule has 32 heavy (non-hydrogen) atoms. The molecule has 4 rings (SSSR count). The maximum atomic E-state index is 12.6. The summed E-state index contributed by atoms with van der Waals surface area (Å²) in [5.74, 6) is 0.0741. The maximum Gasteiger partial charge on any atom is 0.309 e. The zero-order valence-electron chi connectivity index (χ0n) is 18.5. The number of piperazine rings is 1. The van der Waals surface area contributed by atoms with Crippen LogP contribution in [0.4, 0.5) is 0 Å². The number of hydrogen-bond donors (Lipinski definition) is 2. The van der Waals surface area contributed by atoms with E-state index >= 15 is 0 Å². The summed E-state index contributed by atoms with van der Waals surface area (Å²) in [6, 6.07) is 9.43. The van der Waals surface area contributed by atoms with Crippen molar-refractivity contribution in [3.63, 3.8) is 0 Å². The molecule has 1 saturated heterocycles. The molecule has 2 amide bonds. The van der Waals surface area contributed by atoms with Crippen molar-refractivity contribution in [2.45, 2.75) is 32.5 Å². The predicted octanol–water partition coefficient (Wildman–Crippen LogP) is 1.98. The molecule has 2 aliphatic rings. The molecule has 172 valence electrons. The van der Waals surface area contributed by atoms with Gasteiger partial charge in [0.1, 0.15) is 0 Å². The van der Waals surface area contributed by atoms with Crippen LogP contribution in [-0.2, 0) is 16.1 Å². The van der Waals surface area contributed by atoms with E-state index in [-0.39, 0.29) is 25.4 Å². The number of carbonyl (C=O) groups excluding carboxylic acids is 2. The van der Waals surface area contributed by atoms with E-state index < -0.39 is 11.8 Å². The predicted molar refractivity (Wildman–Crippen MR) is 123 cm³/mol. The Morgan fingerprint density at radius 1 is 1.09 bits per heavy atom. The first-order chi connectivity index (χ1) is 15.5. The fraction of sp³-hybridized carbons (Fsp3) is 0.478. The minimum absolute atomic E-state index is 0.0413.